The zero-order chi connectivity index (χ0) is 20.0. The van der Waals surface area contributed by atoms with E-state index < -0.39 is 20.0 Å². The second-order valence-corrected chi connectivity index (χ2v) is 10.3. The van der Waals surface area contributed by atoms with Crippen LogP contribution in [0.25, 0.3) is 0 Å². The summed E-state index contributed by atoms with van der Waals surface area (Å²) in [4.78, 5) is 4.15. The van der Waals surface area contributed by atoms with Crippen molar-refractivity contribution in [1.82, 2.24) is 23.3 Å². The number of hydrogen-bond acceptors (Lipinski definition) is 7. The maximum absolute atomic E-state index is 13.0. The van der Waals surface area contributed by atoms with E-state index in [4.69, 9.17) is 4.52 Å². The number of aryl methyl sites for hydroxylation is 4. The van der Waals surface area contributed by atoms with Gasteiger partial charge in [0.2, 0.25) is 10.0 Å². The minimum Gasteiger partial charge on any atom is -0.360 e. The topological polar surface area (TPSA) is 119 Å². The van der Waals surface area contributed by atoms with Crippen molar-refractivity contribution in [2.24, 2.45) is 7.05 Å². The van der Waals surface area contributed by atoms with E-state index in [1.807, 2.05) is 0 Å². The molecule has 12 heteroatoms. The zero-order valence-electron chi connectivity index (χ0n) is 15.7. The Balaban J connectivity index is 1.83. The Kier molecular flexibility index (Phi) is 5.18. The van der Waals surface area contributed by atoms with Gasteiger partial charge in [0.1, 0.15) is 16.4 Å². The summed E-state index contributed by atoms with van der Waals surface area (Å²) in [6.45, 7) is 5.40. The van der Waals surface area contributed by atoms with Crippen molar-refractivity contribution in [2.75, 3.05) is 26.2 Å². The molecule has 0 atom stereocenters. The van der Waals surface area contributed by atoms with Crippen LogP contribution in [0.1, 0.15) is 23.7 Å². The number of nitrogens with zero attached hydrogens (tertiary/aromatic N) is 5. The van der Waals surface area contributed by atoms with E-state index in [2.05, 4.69) is 10.1 Å². The van der Waals surface area contributed by atoms with Gasteiger partial charge in [-0.2, -0.15) is 8.61 Å². The Morgan fingerprint density at radius 2 is 1.56 bits per heavy atom. The average molecular weight is 418 g/mol. The molecule has 0 saturated carbocycles. The molecule has 0 aromatic carbocycles. The quantitative estimate of drug-likeness (QED) is 0.707. The molecule has 0 unspecified atom stereocenters. The third-order valence-corrected chi connectivity index (χ3v) is 8.58. The van der Waals surface area contributed by atoms with Gasteiger partial charge in [0.05, 0.1) is 0 Å². The van der Waals surface area contributed by atoms with E-state index in [0.29, 0.717) is 17.9 Å². The fourth-order valence-electron chi connectivity index (χ4n) is 3.11. The summed E-state index contributed by atoms with van der Waals surface area (Å²) in [7, 11) is -5.86. The van der Waals surface area contributed by atoms with E-state index >= 15 is 0 Å². The lowest BCUT2D eigenvalue weighted by Gasteiger charge is -2.21. The molecule has 10 nitrogen and oxygen atoms in total. The molecule has 1 aliphatic heterocycles. The van der Waals surface area contributed by atoms with Crippen LogP contribution in [0, 0.1) is 20.8 Å². The zero-order valence-corrected chi connectivity index (χ0v) is 17.3. The maximum Gasteiger partial charge on any atom is 0.262 e. The highest BCUT2D eigenvalue weighted by molar-refractivity contribution is 7.89. The van der Waals surface area contributed by atoms with E-state index in [9.17, 15) is 16.8 Å². The van der Waals surface area contributed by atoms with Crippen molar-refractivity contribution in [2.45, 2.75) is 37.1 Å². The molecule has 1 saturated heterocycles. The van der Waals surface area contributed by atoms with Crippen molar-refractivity contribution >= 4 is 20.0 Å². The van der Waals surface area contributed by atoms with E-state index in [1.54, 1.807) is 32.4 Å². The molecule has 0 amide bonds. The van der Waals surface area contributed by atoms with Crippen molar-refractivity contribution < 1.29 is 21.4 Å². The number of hydrogen-bond donors (Lipinski definition) is 0. The van der Waals surface area contributed by atoms with Crippen molar-refractivity contribution in [3.8, 4) is 0 Å². The van der Waals surface area contributed by atoms with E-state index in [-0.39, 0.29) is 41.9 Å². The summed E-state index contributed by atoms with van der Waals surface area (Å²) in [5.74, 6) is 0.816. The first-order chi connectivity index (χ1) is 12.5. The summed E-state index contributed by atoms with van der Waals surface area (Å²) >= 11 is 0. The number of imidazole rings is 1. The highest BCUT2D eigenvalue weighted by atomic mass is 32.2. The molecule has 2 aromatic heterocycles. The van der Waals surface area contributed by atoms with Crippen LogP contribution in [0.5, 0.6) is 0 Å². The largest absolute Gasteiger partial charge is 0.360 e. The van der Waals surface area contributed by atoms with Gasteiger partial charge in [0, 0.05) is 39.4 Å². The normalized spacial score (nSPS) is 17.9. The lowest BCUT2D eigenvalue weighted by atomic mass is 10.4. The van der Waals surface area contributed by atoms with Crippen molar-refractivity contribution in [3.05, 3.63) is 23.5 Å². The van der Waals surface area contributed by atoms with Crippen molar-refractivity contribution in [3.63, 3.8) is 0 Å². The molecule has 1 aliphatic rings. The van der Waals surface area contributed by atoms with Gasteiger partial charge in [0.15, 0.2) is 10.8 Å². The molecule has 1 fully saturated rings. The SMILES string of the molecule is Cc1noc(C)c1S(=O)(=O)N1CCCN(S(=O)(=O)c2cn(C)c(C)n2)CC1. The highest BCUT2D eigenvalue weighted by Gasteiger charge is 2.35. The molecule has 0 spiro atoms. The van der Waals surface area contributed by atoms with Crippen LogP contribution >= 0.6 is 0 Å². The summed E-state index contributed by atoms with van der Waals surface area (Å²) in [5.41, 5.74) is 0.296. The first-order valence-electron chi connectivity index (χ1n) is 8.48. The third-order valence-electron chi connectivity index (χ3n) is 4.67. The van der Waals surface area contributed by atoms with Gasteiger partial charge < -0.3 is 9.09 Å². The minimum atomic E-state index is -3.80. The van der Waals surface area contributed by atoms with E-state index in [0.717, 1.165) is 0 Å². The van der Waals surface area contributed by atoms with Gasteiger partial charge in [-0.3, -0.25) is 0 Å². The number of rotatable bonds is 4. The van der Waals surface area contributed by atoms with Crippen LogP contribution in [0.15, 0.2) is 20.6 Å². The molecule has 0 N–H and O–H groups in total. The van der Waals surface area contributed by atoms with Crippen LogP contribution in [0.4, 0.5) is 0 Å². The monoisotopic (exact) mass is 417 g/mol. The highest BCUT2D eigenvalue weighted by Crippen LogP contribution is 2.25. The summed E-state index contributed by atoms with van der Waals surface area (Å²) in [5, 5.41) is 3.68. The maximum atomic E-state index is 13.0. The molecule has 2 aromatic rings. The predicted molar refractivity (Wildman–Crippen MR) is 96.1 cm³/mol. The Bertz CT molecular complexity index is 1020. The molecular weight excluding hydrogens is 394 g/mol. The third kappa shape index (κ3) is 3.53. The fraction of sp³-hybridized carbons (Fsp3) is 0.600. The van der Waals surface area contributed by atoms with Gasteiger partial charge in [-0.15, -0.1) is 0 Å². The first kappa shape index (κ1) is 20.0. The van der Waals surface area contributed by atoms with Crippen LogP contribution in [0.3, 0.4) is 0 Å². The van der Waals surface area contributed by atoms with Crippen LogP contribution in [-0.2, 0) is 27.1 Å². The van der Waals surface area contributed by atoms with Crippen LogP contribution in [-0.4, -0.2) is 66.3 Å². The predicted octanol–water partition coefficient (Wildman–Crippen LogP) is 0.419. The molecule has 0 radical (unpaired) electrons. The van der Waals surface area contributed by atoms with Crippen LogP contribution < -0.4 is 0 Å². The first-order valence-corrected chi connectivity index (χ1v) is 11.4. The smallest absolute Gasteiger partial charge is 0.262 e. The molecule has 0 aliphatic carbocycles. The minimum absolute atomic E-state index is 0.0236. The molecular formula is C15H23N5O5S2. The Morgan fingerprint density at radius 1 is 0.963 bits per heavy atom. The summed E-state index contributed by atoms with van der Waals surface area (Å²) < 4.78 is 60.8. The second kappa shape index (κ2) is 7.00. The second-order valence-electron chi connectivity index (χ2n) is 6.55. The van der Waals surface area contributed by atoms with Crippen molar-refractivity contribution in [1.29, 1.82) is 0 Å². The Labute approximate surface area is 158 Å². The molecule has 150 valence electrons. The molecule has 3 rings (SSSR count). The number of aromatic nitrogens is 3. The summed E-state index contributed by atoms with van der Waals surface area (Å²) in [6, 6.07) is 0. The average Bonchev–Trinajstić information content (AvgIpc) is 2.99. The molecule has 0 bridgehead atoms. The van der Waals surface area contributed by atoms with Gasteiger partial charge in [-0.05, 0) is 27.2 Å². The fourth-order valence-corrected chi connectivity index (χ4v) is 6.36. The lowest BCUT2D eigenvalue weighted by Crippen LogP contribution is -2.37. The lowest BCUT2D eigenvalue weighted by molar-refractivity contribution is 0.387. The van der Waals surface area contributed by atoms with E-state index in [1.165, 1.54) is 14.8 Å². The molecule has 3 heterocycles. The molecule has 27 heavy (non-hydrogen) atoms. The van der Waals surface area contributed by atoms with Crippen LogP contribution in [0.2, 0.25) is 0 Å². The van der Waals surface area contributed by atoms with Gasteiger partial charge in [-0.1, -0.05) is 5.16 Å². The van der Waals surface area contributed by atoms with Gasteiger partial charge >= 0.3 is 0 Å². The Hall–Kier alpha value is -1.76. The van der Waals surface area contributed by atoms with Gasteiger partial charge in [0.25, 0.3) is 10.0 Å². The van der Waals surface area contributed by atoms with Gasteiger partial charge in [-0.25, -0.2) is 21.8 Å². The standard InChI is InChI=1S/C15H23N5O5S2/c1-11-15(12(2)25-17-11)27(23,24)20-7-5-6-19(8-9-20)26(21,22)14-10-18(4)13(3)16-14/h10H,5-9H2,1-4H3. The number of sulfonamides is 2. The Morgan fingerprint density at radius 3 is 2.04 bits per heavy atom. The summed E-state index contributed by atoms with van der Waals surface area (Å²) in [6.07, 6.45) is 1.85.